The Balaban J connectivity index is 2.12. The molecule has 1 aromatic heterocycles. The van der Waals surface area contributed by atoms with Gasteiger partial charge in [-0.25, -0.2) is 4.79 Å². The van der Waals surface area contributed by atoms with Crippen molar-refractivity contribution in [3.63, 3.8) is 0 Å². The maximum atomic E-state index is 12.4. The first kappa shape index (κ1) is 18.4. The number of carboxylic acid groups (broad SMARTS) is 1. The predicted molar refractivity (Wildman–Crippen MR) is 91.7 cm³/mol. The van der Waals surface area contributed by atoms with E-state index in [-0.39, 0.29) is 31.1 Å². The van der Waals surface area contributed by atoms with Crippen molar-refractivity contribution in [1.82, 2.24) is 0 Å². The lowest BCUT2D eigenvalue weighted by Crippen LogP contribution is -2.16. The van der Waals surface area contributed by atoms with Crippen LogP contribution in [0.2, 0.25) is 0 Å². The van der Waals surface area contributed by atoms with Crippen molar-refractivity contribution in [2.75, 3.05) is 11.9 Å². The zero-order valence-corrected chi connectivity index (χ0v) is 14.7. The van der Waals surface area contributed by atoms with Crippen LogP contribution < -0.4 is 5.32 Å². The number of thiophene rings is 1. The molecule has 0 bridgehead atoms. The molecule has 1 amide bonds. The summed E-state index contributed by atoms with van der Waals surface area (Å²) in [5, 5.41) is 12.0. The van der Waals surface area contributed by atoms with Gasteiger partial charge in [-0.15, -0.1) is 11.3 Å². The Kier molecular flexibility index (Phi) is 6.78. The van der Waals surface area contributed by atoms with Crippen molar-refractivity contribution in [2.24, 2.45) is 0 Å². The lowest BCUT2D eigenvalue weighted by Gasteiger charge is -2.12. The highest BCUT2D eigenvalue weighted by Gasteiger charge is 2.27. The Bertz CT molecular complexity index is 623. The van der Waals surface area contributed by atoms with E-state index in [0.29, 0.717) is 17.2 Å². The number of ether oxygens (including phenoxy) is 1. The van der Waals surface area contributed by atoms with Crippen LogP contribution in [0, 0.1) is 0 Å². The Morgan fingerprint density at radius 3 is 2.67 bits per heavy atom. The number of hydrogen-bond acceptors (Lipinski definition) is 5. The van der Waals surface area contributed by atoms with Gasteiger partial charge in [-0.3, -0.25) is 9.59 Å². The van der Waals surface area contributed by atoms with Gasteiger partial charge in [0.15, 0.2) is 0 Å². The summed E-state index contributed by atoms with van der Waals surface area (Å²) < 4.78 is 5.28. The lowest BCUT2D eigenvalue weighted by molar-refractivity contribution is -0.137. The molecule has 132 valence electrons. The van der Waals surface area contributed by atoms with Gasteiger partial charge in [0, 0.05) is 17.7 Å². The van der Waals surface area contributed by atoms with Crippen LogP contribution in [0.5, 0.6) is 0 Å². The van der Waals surface area contributed by atoms with Gasteiger partial charge in [0.05, 0.1) is 12.2 Å². The van der Waals surface area contributed by atoms with Crippen LogP contribution in [0.15, 0.2) is 0 Å². The molecule has 24 heavy (non-hydrogen) atoms. The number of amides is 1. The highest BCUT2D eigenvalue weighted by Crippen LogP contribution is 2.38. The summed E-state index contributed by atoms with van der Waals surface area (Å²) in [6.45, 7) is 2.29. The maximum absolute atomic E-state index is 12.4. The van der Waals surface area contributed by atoms with Crippen molar-refractivity contribution < 1.29 is 24.2 Å². The Labute approximate surface area is 145 Å². The standard InChI is InChI=1S/C17H23NO5S/c1-2-10-23-17(22)15-11-6-3-4-7-12(11)24-16(15)18-13(19)8-5-9-14(20)21/h2-10H2,1H3,(H,18,19)(H,20,21). The average Bonchev–Trinajstić information content (AvgIpc) is 2.89. The van der Waals surface area contributed by atoms with E-state index in [0.717, 1.165) is 42.5 Å². The van der Waals surface area contributed by atoms with Crippen LogP contribution in [0.3, 0.4) is 0 Å². The average molecular weight is 353 g/mol. The third kappa shape index (κ3) is 4.80. The summed E-state index contributed by atoms with van der Waals surface area (Å²) in [5.74, 6) is -1.56. The summed E-state index contributed by atoms with van der Waals surface area (Å²) in [4.78, 5) is 36.1. The molecule has 0 atom stereocenters. The van der Waals surface area contributed by atoms with Gasteiger partial charge < -0.3 is 15.2 Å². The highest BCUT2D eigenvalue weighted by molar-refractivity contribution is 7.17. The van der Waals surface area contributed by atoms with E-state index in [1.807, 2.05) is 6.92 Å². The quantitative estimate of drug-likeness (QED) is 0.699. The molecule has 2 N–H and O–H groups in total. The number of carbonyl (C=O) groups is 3. The zero-order chi connectivity index (χ0) is 17.5. The SMILES string of the molecule is CCCOC(=O)c1c(NC(=O)CCCC(=O)O)sc2c1CCCC2. The molecule has 0 aliphatic heterocycles. The van der Waals surface area contributed by atoms with E-state index >= 15 is 0 Å². The smallest absolute Gasteiger partial charge is 0.341 e. The van der Waals surface area contributed by atoms with Gasteiger partial charge in [-0.1, -0.05) is 6.92 Å². The Morgan fingerprint density at radius 1 is 1.21 bits per heavy atom. The number of aryl methyl sites for hydroxylation is 1. The molecule has 1 aliphatic carbocycles. The second kappa shape index (κ2) is 8.82. The van der Waals surface area contributed by atoms with Crippen molar-refractivity contribution in [1.29, 1.82) is 0 Å². The van der Waals surface area contributed by atoms with Gasteiger partial charge in [0.1, 0.15) is 5.00 Å². The molecule has 0 aromatic carbocycles. The fraction of sp³-hybridized carbons (Fsp3) is 0.588. The summed E-state index contributed by atoms with van der Waals surface area (Å²) in [6.07, 6.45) is 4.97. The first-order chi connectivity index (χ1) is 11.5. The molecule has 0 unspecified atom stereocenters. The largest absolute Gasteiger partial charge is 0.481 e. The number of anilines is 1. The van der Waals surface area contributed by atoms with Gasteiger partial charge in [-0.05, 0) is 44.1 Å². The van der Waals surface area contributed by atoms with E-state index in [9.17, 15) is 14.4 Å². The maximum Gasteiger partial charge on any atom is 0.341 e. The highest BCUT2D eigenvalue weighted by atomic mass is 32.1. The second-order valence-electron chi connectivity index (χ2n) is 5.85. The molecule has 1 aliphatic rings. The summed E-state index contributed by atoms with van der Waals surface area (Å²) in [6, 6.07) is 0. The van der Waals surface area contributed by atoms with Gasteiger partial charge in [0.25, 0.3) is 0 Å². The van der Waals surface area contributed by atoms with Gasteiger partial charge in [0.2, 0.25) is 5.91 Å². The molecule has 2 rings (SSSR count). The van der Waals surface area contributed by atoms with Crippen LogP contribution in [0.25, 0.3) is 0 Å². The molecular weight excluding hydrogens is 330 g/mol. The van der Waals surface area contributed by atoms with Crippen LogP contribution in [-0.2, 0) is 27.2 Å². The van der Waals surface area contributed by atoms with Gasteiger partial charge in [-0.2, -0.15) is 0 Å². The fourth-order valence-electron chi connectivity index (χ4n) is 2.73. The van der Waals surface area contributed by atoms with Crippen LogP contribution in [0.4, 0.5) is 5.00 Å². The molecule has 7 heteroatoms. The molecular formula is C17H23NO5S. The number of nitrogens with one attached hydrogen (secondary N) is 1. The van der Waals surface area contributed by atoms with E-state index in [1.54, 1.807) is 0 Å². The zero-order valence-electron chi connectivity index (χ0n) is 13.9. The Hall–Kier alpha value is -1.89. The topological polar surface area (TPSA) is 92.7 Å². The van der Waals surface area contributed by atoms with Crippen molar-refractivity contribution in [3.05, 3.63) is 16.0 Å². The van der Waals surface area contributed by atoms with Crippen molar-refractivity contribution in [2.45, 2.75) is 58.3 Å². The molecule has 0 radical (unpaired) electrons. The number of carboxylic acids is 1. The third-order valence-corrected chi connectivity index (χ3v) is 5.07. The van der Waals surface area contributed by atoms with Gasteiger partial charge >= 0.3 is 11.9 Å². The normalized spacial score (nSPS) is 13.2. The number of aliphatic carboxylic acids is 1. The molecule has 6 nitrogen and oxygen atoms in total. The third-order valence-electron chi connectivity index (χ3n) is 3.86. The molecule has 0 saturated heterocycles. The minimum atomic E-state index is -0.918. The first-order valence-corrected chi connectivity index (χ1v) is 9.17. The minimum Gasteiger partial charge on any atom is -0.481 e. The number of esters is 1. The summed E-state index contributed by atoms with van der Waals surface area (Å²) in [5.41, 5.74) is 1.50. The Morgan fingerprint density at radius 2 is 1.96 bits per heavy atom. The van der Waals surface area contributed by atoms with E-state index in [1.165, 1.54) is 11.3 Å². The second-order valence-corrected chi connectivity index (χ2v) is 6.95. The summed E-state index contributed by atoms with van der Waals surface area (Å²) in [7, 11) is 0. The monoisotopic (exact) mass is 353 g/mol. The number of rotatable bonds is 8. The predicted octanol–water partition coefficient (Wildman–Crippen LogP) is 3.39. The fourth-order valence-corrected chi connectivity index (χ4v) is 4.02. The van der Waals surface area contributed by atoms with E-state index < -0.39 is 5.97 Å². The first-order valence-electron chi connectivity index (χ1n) is 8.36. The molecule has 1 aromatic rings. The van der Waals surface area contributed by atoms with E-state index in [4.69, 9.17) is 9.84 Å². The van der Waals surface area contributed by atoms with Crippen LogP contribution >= 0.6 is 11.3 Å². The van der Waals surface area contributed by atoms with Crippen molar-refractivity contribution >= 4 is 34.2 Å². The lowest BCUT2D eigenvalue weighted by atomic mass is 9.95. The number of carbonyl (C=O) groups excluding carboxylic acids is 2. The summed E-state index contributed by atoms with van der Waals surface area (Å²) >= 11 is 1.44. The molecule has 0 saturated carbocycles. The van der Waals surface area contributed by atoms with Crippen molar-refractivity contribution in [3.8, 4) is 0 Å². The number of hydrogen-bond donors (Lipinski definition) is 2. The van der Waals surface area contributed by atoms with Crippen LogP contribution in [-0.4, -0.2) is 29.6 Å². The molecule has 0 fully saturated rings. The van der Waals surface area contributed by atoms with E-state index in [2.05, 4.69) is 5.32 Å². The minimum absolute atomic E-state index is 0.0419. The number of fused-ring (bicyclic) bond motifs is 1. The molecule has 1 heterocycles. The van der Waals surface area contributed by atoms with Crippen LogP contribution in [0.1, 0.15) is 66.2 Å². The molecule has 0 spiro atoms.